The normalized spacial score (nSPS) is 16.6. The molecule has 5 nitrogen and oxygen atoms in total. The van der Waals surface area contributed by atoms with Crippen molar-refractivity contribution in [2.24, 2.45) is 0 Å². The molecule has 1 aliphatic rings. The minimum absolute atomic E-state index is 0.0232. The molecule has 6 heteroatoms. The zero-order chi connectivity index (χ0) is 17.6. The summed E-state index contributed by atoms with van der Waals surface area (Å²) in [5, 5.41) is 8.25. The Kier molecular flexibility index (Phi) is 3.58. The summed E-state index contributed by atoms with van der Waals surface area (Å²) >= 11 is 0. The van der Waals surface area contributed by atoms with Crippen molar-refractivity contribution in [3.05, 3.63) is 77.1 Å². The Bertz CT molecular complexity index is 1080. The molecule has 126 valence electrons. The van der Waals surface area contributed by atoms with Crippen molar-refractivity contribution in [1.29, 1.82) is 0 Å². The van der Waals surface area contributed by atoms with Crippen LogP contribution in [0.25, 0.3) is 11.8 Å². The van der Waals surface area contributed by atoms with E-state index in [4.69, 9.17) is 0 Å². The van der Waals surface area contributed by atoms with E-state index in [1.807, 2.05) is 61.5 Å². The highest BCUT2D eigenvalue weighted by atomic mass is 32.2. The van der Waals surface area contributed by atoms with Crippen LogP contribution in [0, 0.1) is 0 Å². The molecule has 0 spiro atoms. The first-order valence-electron chi connectivity index (χ1n) is 7.95. The third-order valence-corrected chi connectivity index (χ3v) is 5.33. The fourth-order valence-electron chi connectivity index (χ4n) is 3.35. The Morgan fingerprint density at radius 3 is 2.36 bits per heavy atom. The van der Waals surface area contributed by atoms with Crippen molar-refractivity contribution < 1.29 is 8.42 Å². The number of hydrogen-bond donors (Lipinski definition) is 0. The van der Waals surface area contributed by atoms with Gasteiger partial charge in [0, 0.05) is 12.0 Å². The summed E-state index contributed by atoms with van der Waals surface area (Å²) in [6.07, 6.45) is 3.15. The number of fused-ring (bicyclic) bond motifs is 2. The Morgan fingerprint density at radius 2 is 1.64 bits per heavy atom. The van der Waals surface area contributed by atoms with Crippen LogP contribution in [-0.2, 0) is 9.84 Å². The van der Waals surface area contributed by atoms with E-state index in [1.165, 1.54) is 0 Å². The molecule has 0 N–H and O–H groups in total. The van der Waals surface area contributed by atoms with Crippen molar-refractivity contribution in [2.75, 3.05) is 6.26 Å². The summed E-state index contributed by atoms with van der Waals surface area (Å²) in [7, 11) is -3.49. The molecule has 2 aromatic carbocycles. The number of hydrogen-bond acceptors (Lipinski definition) is 4. The molecule has 2 heterocycles. The molecule has 0 saturated carbocycles. The monoisotopic (exact) mass is 351 g/mol. The van der Waals surface area contributed by atoms with Gasteiger partial charge in [-0.1, -0.05) is 54.6 Å². The van der Waals surface area contributed by atoms with Gasteiger partial charge < -0.3 is 0 Å². The van der Waals surface area contributed by atoms with Gasteiger partial charge >= 0.3 is 0 Å². The molecule has 0 radical (unpaired) electrons. The molecule has 1 aromatic heterocycles. The lowest BCUT2D eigenvalue weighted by Crippen LogP contribution is -2.13. The summed E-state index contributed by atoms with van der Waals surface area (Å²) in [5.74, 6) is 0.430. The molecule has 0 aliphatic carbocycles. The first kappa shape index (κ1) is 15.8. The predicted octanol–water partition coefficient (Wildman–Crippen LogP) is 3.19. The van der Waals surface area contributed by atoms with Crippen LogP contribution in [0.15, 0.2) is 59.8 Å². The summed E-state index contributed by atoms with van der Waals surface area (Å²) in [6, 6.07) is 18.0. The van der Waals surface area contributed by atoms with E-state index in [1.54, 1.807) is 4.57 Å². The predicted molar refractivity (Wildman–Crippen MR) is 96.8 cm³/mol. The van der Waals surface area contributed by atoms with Gasteiger partial charge in [0.15, 0.2) is 0 Å². The molecule has 0 fully saturated rings. The van der Waals surface area contributed by atoms with Gasteiger partial charge in [0.25, 0.3) is 5.16 Å². The molecule has 0 amide bonds. The molecule has 0 bridgehead atoms. The average Bonchev–Trinajstić information content (AvgIpc) is 2.98. The number of allylic oxidation sites excluding steroid dienone is 1. The van der Waals surface area contributed by atoms with Crippen LogP contribution >= 0.6 is 0 Å². The molecule has 1 aliphatic heterocycles. The number of aromatic nitrogens is 3. The van der Waals surface area contributed by atoms with E-state index in [9.17, 15) is 8.42 Å². The van der Waals surface area contributed by atoms with Gasteiger partial charge in [-0.25, -0.2) is 8.42 Å². The number of benzene rings is 2. The second kappa shape index (κ2) is 5.67. The van der Waals surface area contributed by atoms with E-state index >= 15 is 0 Å². The van der Waals surface area contributed by atoms with Crippen LogP contribution in [0.4, 0.5) is 0 Å². The fourth-order valence-corrected chi connectivity index (χ4v) is 4.11. The zero-order valence-electron chi connectivity index (χ0n) is 13.9. The largest absolute Gasteiger partial charge is 0.273 e. The van der Waals surface area contributed by atoms with E-state index < -0.39 is 9.84 Å². The standard InChI is InChI=1S/C19H17N3O2S/c1-13-12-15-10-6-7-11-16(15)17(14-8-4-3-5-9-14)18-20-21-19(22(13)18)25(2,23)24/h3-12,17H,1-2H3. The smallest absolute Gasteiger partial charge is 0.253 e. The lowest BCUT2D eigenvalue weighted by Gasteiger charge is -2.18. The fraction of sp³-hybridized carbons (Fsp3) is 0.158. The molecule has 1 atom stereocenters. The minimum Gasteiger partial charge on any atom is -0.273 e. The zero-order valence-corrected chi connectivity index (χ0v) is 14.7. The first-order valence-corrected chi connectivity index (χ1v) is 9.84. The van der Waals surface area contributed by atoms with Gasteiger partial charge in [0.05, 0.1) is 5.92 Å². The molecular weight excluding hydrogens is 334 g/mol. The summed E-state index contributed by atoms with van der Waals surface area (Å²) in [5.41, 5.74) is 3.97. The lowest BCUT2D eigenvalue weighted by molar-refractivity contribution is 0.589. The Labute approximate surface area is 146 Å². The van der Waals surface area contributed by atoms with Crippen LogP contribution in [-0.4, -0.2) is 29.4 Å². The maximum atomic E-state index is 12.2. The van der Waals surface area contributed by atoms with Gasteiger partial charge in [0.2, 0.25) is 9.84 Å². The van der Waals surface area contributed by atoms with Crippen molar-refractivity contribution in [3.8, 4) is 0 Å². The summed E-state index contributed by atoms with van der Waals surface area (Å²) in [4.78, 5) is 0. The van der Waals surface area contributed by atoms with Gasteiger partial charge in [-0.15, -0.1) is 10.2 Å². The third kappa shape index (κ3) is 2.59. The highest BCUT2D eigenvalue weighted by molar-refractivity contribution is 7.90. The Balaban J connectivity index is 2.08. The first-order chi connectivity index (χ1) is 12.0. The van der Waals surface area contributed by atoms with Crippen molar-refractivity contribution >= 4 is 21.6 Å². The van der Waals surface area contributed by atoms with E-state index in [2.05, 4.69) is 16.3 Å². The van der Waals surface area contributed by atoms with E-state index in [0.29, 0.717) is 5.82 Å². The Morgan fingerprint density at radius 1 is 0.960 bits per heavy atom. The van der Waals surface area contributed by atoms with Crippen LogP contribution in [0.2, 0.25) is 0 Å². The van der Waals surface area contributed by atoms with Gasteiger partial charge in [-0.3, -0.25) is 4.57 Å². The second-order valence-corrected chi connectivity index (χ2v) is 8.12. The second-order valence-electron chi connectivity index (χ2n) is 6.21. The average molecular weight is 351 g/mol. The van der Waals surface area contributed by atoms with Crippen molar-refractivity contribution in [2.45, 2.75) is 18.0 Å². The maximum Gasteiger partial charge on any atom is 0.253 e. The van der Waals surface area contributed by atoms with Crippen molar-refractivity contribution in [3.63, 3.8) is 0 Å². The molecule has 1 unspecified atom stereocenters. The Hall–Kier alpha value is -2.73. The minimum atomic E-state index is -3.49. The lowest BCUT2D eigenvalue weighted by atomic mass is 9.88. The molecule has 3 aromatic rings. The number of sulfone groups is 1. The van der Waals surface area contributed by atoms with E-state index in [-0.39, 0.29) is 11.1 Å². The van der Waals surface area contributed by atoms with Crippen LogP contribution in [0.3, 0.4) is 0 Å². The summed E-state index contributed by atoms with van der Waals surface area (Å²) < 4.78 is 26.0. The third-order valence-electron chi connectivity index (χ3n) is 4.41. The van der Waals surface area contributed by atoms with Crippen LogP contribution in [0.5, 0.6) is 0 Å². The highest BCUT2D eigenvalue weighted by Gasteiger charge is 2.31. The highest BCUT2D eigenvalue weighted by Crippen LogP contribution is 2.38. The van der Waals surface area contributed by atoms with E-state index in [0.717, 1.165) is 28.6 Å². The van der Waals surface area contributed by atoms with Gasteiger partial charge in [-0.05, 0) is 29.7 Å². The maximum absolute atomic E-state index is 12.2. The number of rotatable bonds is 2. The SMILES string of the molecule is CC1=Cc2ccccc2C(c2ccccc2)c2nnc(S(C)(=O)=O)n21. The van der Waals surface area contributed by atoms with Gasteiger partial charge in [-0.2, -0.15) is 0 Å². The number of nitrogens with zero attached hydrogens (tertiary/aromatic N) is 3. The van der Waals surface area contributed by atoms with Crippen LogP contribution in [0.1, 0.15) is 35.4 Å². The molecule has 25 heavy (non-hydrogen) atoms. The topological polar surface area (TPSA) is 64.8 Å². The van der Waals surface area contributed by atoms with Gasteiger partial charge in [0.1, 0.15) is 5.82 Å². The quantitative estimate of drug-likeness (QED) is 0.711. The van der Waals surface area contributed by atoms with Crippen LogP contribution < -0.4 is 0 Å². The summed E-state index contributed by atoms with van der Waals surface area (Å²) in [6.45, 7) is 1.88. The molecular formula is C19H17N3O2S. The molecule has 0 saturated heterocycles. The molecule has 4 rings (SSSR count). The van der Waals surface area contributed by atoms with Crippen molar-refractivity contribution in [1.82, 2.24) is 14.8 Å².